The van der Waals surface area contributed by atoms with Crippen LogP contribution < -0.4 is 0 Å². The summed E-state index contributed by atoms with van der Waals surface area (Å²) < 4.78 is 68.5. The number of phosphoric acid groups is 2. The lowest BCUT2D eigenvalue weighted by molar-refractivity contribution is -0.161. The fraction of sp³-hybridized carbons (Fsp3) is 0.735. The predicted molar refractivity (Wildman–Crippen MR) is 418 cm³/mol. The maximum atomic E-state index is 13.1. The van der Waals surface area contributed by atoms with Crippen LogP contribution in [0.1, 0.15) is 336 Å². The third-order valence-corrected chi connectivity index (χ3v) is 18.7. The zero-order valence-corrected chi connectivity index (χ0v) is 66.0. The van der Waals surface area contributed by atoms with Crippen LogP contribution in [0.4, 0.5) is 0 Å². The summed E-state index contributed by atoms with van der Waals surface area (Å²) >= 11 is 0. The highest BCUT2D eigenvalue weighted by atomic mass is 31.2. The number of aliphatic hydroxyl groups excluding tert-OH is 1. The molecule has 3 N–H and O–H groups in total. The normalized spacial score (nSPS) is 14.5. The maximum absolute atomic E-state index is 13.1. The van der Waals surface area contributed by atoms with Crippen LogP contribution in [0.25, 0.3) is 0 Å². The molecule has 0 radical (unpaired) electrons. The molecule has 19 heteroatoms. The quantitative estimate of drug-likeness (QED) is 0.0169. The third kappa shape index (κ3) is 74.0. The van der Waals surface area contributed by atoms with Gasteiger partial charge >= 0.3 is 39.5 Å². The van der Waals surface area contributed by atoms with Crippen LogP contribution in [-0.4, -0.2) is 96.7 Å². The Morgan fingerprint density at radius 1 is 0.294 bits per heavy atom. The van der Waals surface area contributed by atoms with Crippen molar-refractivity contribution >= 4 is 39.5 Å². The van der Waals surface area contributed by atoms with Crippen molar-refractivity contribution < 1.29 is 80.2 Å². The summed E-state index contributed by atoms with van der Waals surface area (Å²) in [6, 6.07) is 0. The molecule has 5 atom stereocenters. The Labute approximate surface area is 619 Å². The zero-order valence-electron chi connectivity index (χ0n) is 64.3. The van der Waals surface area contributed by atoms with Crippen LogP contribution in [-0.2, 0) is 65.4 Å². The molecule has 0 aliphatic rings. The van der Waals surface area contributed by atoms with Gasteiger partial charge in [0, 0.05) is 19.3 Å². The first-order chi connectivity index (χ1) is 49.7. The monoisotopic (exact) mass is 1470 g/mol. The SMILES string of the molecule is CC/C=C\C/C=C\C/C=C\C/C=C\C/C=C\CC(=O)OC(COC(=O)CCCCCC/C=C\C/C=C\C/C=C\C/C=C\CC)COP(=O)(O)OCC(O)COP(=O)(O)OCC(COC(=O)CCCCCCCCCCCCCCCCC)OC(=O)CCCCCCCCCCCCCCCCC. The number of esters is 4. The molecule has 0 heterocycles. The van der Waals surface area contributed by atoms with Gasteiger partial charge < -0.3 is 33.8 Å². The van der Waals surface area contributed by atoms with E-state index < -0.39 is 97.5 Å². The number of unbranched alkanes of at least 4 members (excludes halogenated alkanes) is 32. The molecule has 0 amide bonds. The van der Waals surface area contributed by atoms with Crippen molar-refractivity contribution in [3.63, 3.8) is 0 Å². The van der Waals surface area contributed by atoms with E-state index in [0.29, 0.717) is 25.7 Å². The van der Waals surface area contributed by atoms with E-state index >= 15 is 0 Å². The second-order valence-electron chi connectivity index (χ2n) is 26.6. The van der Waals surface area contributed by atoms with Crippen molar-refractivity contribution in [2.45, 2.75) is 354 Å². The standard InChI is InChI=1S/C83H144O17P2/c1-5-9-13-17-21-25-29-33-37-38-42-44-48-52-56-60-64-68-81(86)94-74-79(100-83(88)70-66-62-58-54-50-46-41-36-32-28-24-20-16-12-8-4)76-98-102(91,92)96-72-77(84)71-95-101(89,90)97-75-78(99-82(87)69-65-61-57-53-49-45-40-35-31-27-23-19-15-11-7-3)73-93-80(85)67-63-59-55-51-47-43-39-34-30-26-22-18-14-10-6-2/h9,12-13,16,21,24-25,28,33,36-37,41-42,44,50,54,62,66,77-79,84H,5-8,10-11,14-15,17-20,22-23,26-27,29-32,34-35,38-40,43,45-49,51-53,55-61,63-65,67-76H2,1-4H3,(H,89,90)(H,91,92)/b13-9-,16-12-,25-21-,28-24-,37-33-,41-36-,44-42-,54-50-,66-62-. The molecule has 0 aliphatic heterocycles. The number of allylic oxidation sites excluding steroid dienone is 17. The first-order valence-corrected chi connectivity index (χ1v) is 43.1. The largest absolute Gasteiger partial charge is 0.472 e. The smallest absolute Gasteiger partial charge is 0.462 e. The number of hydrogen-bond acceptors (Lipinski definition) is 15. The Morgan fingerprint density at radius 3 is 0.873 bits per heavy atom. The van der Waals surface area contributed by atoms with Crippen molar-refractivity contribution in [3.05, 3.63) is 109 Å². The number of ether oxygens (including phenoxy) is 4. The van der Waals surface area contributed by atoms with Gasteiger partial charge in [-0.2, -0.15) is 0 Å². The Balaban J connectivity index is 5.42. The average molecular weight is 1480 g/mol. The van der Waals surface area contributed by atoms with Gasteiger partial charge in [-0.15, -0.1) is 0 Å². The van der Waals surface area contributed by atoms with Crippen LogP contribution in [0.3, 0.4) is 0 Å². The first kappa shape index (κ1) is 97.7. The molecule has 5 unspecified atom stereocenters. The summed E-state index contributed by atoms with van der Waals surface area (Å²) in [4.78, 5) is 72.9. The van der Waals surface area contributed by atoms with Gasteiger partial charge in [0.2, 0.25) is 0 Å². The topological polar surface area (TPSA) is 237 Å². The van der Waals surface area contributed by atoms with Gasteiger partial charge in [0.15, 0.2) is 12.2 Å². The number of rotatable bonds is 75. The Bertz CT molecular complexity index is 2360. The van der Waals surface area contributed by atoms with Gasteiger partial charge in [0.1, 0.15) is 19.3 Å². The van der Waals surface area contributed by atoms with E-state index in [1.165, 1.54) is 135 Å². The fourth-order valence-corrected chi connectivity index (χ4v) is 12.3. The van der Waals surface area contributed by atoms with Crippen molar-refractivity contribution in [1.82, 2.24) is 0 Å². The zero-order chi connectivity index (χ0) is 74.6. The molecule has 0 aromatic heterocycles. The van der Waals surface area contributed by atoms with Crippen molar-refractivity contribution in [3.8, 4) is 0 Å². The lowest BCUT2D eigenvalue weighted by Gasteiger charge is -2.21. The molecule has 0 spiro atoms. The molecule has 17 nitrogen and oxygen atoms in total. The first-order valence-electron chi connectivity index (χ1n) is 40.1. The summed E-state index contributed by atoms with van der Waals surface area (Å²) in [5, 5.41) is 10.6. The van der Waals surface area contributed by atoms with Crippen molar-refractivity contribution in [2.24, 2.45) is 0 Å². The highest BCUT2D eigenvalue weighted by Gasteiger charge is 2.30. The summed E-state index contributed by atoms with van der Waals surface area (Å²) in [7, 11) is -9.99. The van der Waals surface area contributed by atoms with Gasteiger partial charge in [-0.1, -0.05) is 330 Å². The molecule has 0 saturated heterocycles. The summed E-state index contributed by atoms with van der Waals surface area (Å²) in [5.74, 6) is -2.33. The molecular formula is C83H144O17P2. The fourth-order valence-electron chi connectivity index (χ4n) is 10.8. The van der Waals surface area contributed by atoms with E-state index in [1.807, 2.05) is 12.2 Å². The van der Waals surface area contributed by atoms with Crippen molar-refractivity contribution in [1.29, 1.82) is 0 Å². The van der Waals surface area contributed by atoms with Gasteiger partial charge in [0.25, 0.3) is 0 Å². The number of aliphatic hydroxyl groups is 1. The minimum atomic E-state index is -5.01. The van der Waals surface area contributed by atoms with E-state index in [2.05, 4.69) is 113 Å². The van der Waals surface area contributed by atoms with Crippen LogP contribution in [0, 0.1) is 0 Å². The van der Waals surface area contributed by atoms with Gasteiger partial charge in [-0.05, 0) is 89.9 Å². The highest BCUT2D eigenvalue weighted by Crippen LogP contribution is 2.45. The molecule has 0 aliphatic carbocycles. The molecule has 0 rings (SSSR count). The lowest BCUT2D eigenvalue weighted by atomic mass is 10.0. The van der Waals surface area contributed by atoms with Crippen LogP contribution >= 0.6 is 15.6 Å². The molecule has 102 heavy (non-hydrogen) atoms. The lowest BCUT2D eigenvalue weighted by Crippen LogP contribution is -2.30. The summed E-state index contributed by atoms with van der Waals surface area (Å²) in [6.07, 6.45) is 81.0. The number of hydrogen-bond donors (Lipinski definition) is 3. The Hall–Kier alpha value is -4.28. The molecule has 588 valence electrons. The van der Waals surface area contributed by atoms with Gasteiger partial charge in [0.05, 0.1) is 32.8 Å². The number of carbonyl (C=O) groups excluding carboxylic acids is 4. The van der Waals surface area contributed by atoms with Crippen LogP contribution in [0.5, 0.6) is 0 Å². The molecule has 0 fully saturated rings. The van der Waals surface area contributed by atoms with E-state index in [4.69, 9.17) is 37.0 Å². The second kappa shape index (κ2) is 75.0. The molecule has 0 aromatic rings. The molecular weight excluding hydrogens is 1330 g/mol. The van der Waals surface area contributed by atoms with E-state index in [9.17, 15) is 43.2 Å². The van der Waals surface area contributed by atoms with E-state index in [1.54, 1.807) is 12.2 Å². The number of phosphoric ester groups is 2. The van der Waals surface area contributed by atoms with E-state index in [-0.39, 0.29) is 25.7 Å². The van der Waals surface area contributed by atoms with Crippen molar-refractivity contribution in [2.75, 3.05) is 39.6 Å². The van der Waals surface area contributed by atoms with Crippen LogP contribution in [0.15, 0.2) is 109 Å². The minimum Gasteiger partial charge on any atom is -0.462 e. The maximum Gasteiger partial charge on any atom is 0.472 e. The molecule has 0 aromatic carbocycles. The Kier molecular flexibility index (Phi) is 71.8. The van der Waals surface area contributed by atoms with Crippen LogP contribution in [0.2, 0.25) is 0 Å². The second-order valence-corrected chi connectivity index (χ2v) is 29.5. The van der Waals surface area contributed by atoms with E-state index in [0.717, 1.165) is 122 Å². The molecule has 0 bridgehead atoms. The summed E-state index contributed by atoms with van der Waals surface area (Å²) in [5.41, 5.74) is 0. The molecule has 0 saturated carbocycles. The minimum absolute atomic E-state index is 0.0973. The predicted octanol–water partition coefficient (Wildman–Crippen LogP) is 23.3. The highest BCUT2D eigenvalue weighted by molar-refractivity contribution is 7.47. The third-order valence-electron chi connectivity index (χ3n) is 16.8. The average Bonchev–Trinajstić information content (AvgIpc) is 0.919. The summed E-state index contributed by atoms with van der Waals surface area (Å²) in [6.45, 7) is 4.56. The Morgan fingerprint density at radius 2 is 0.549 bits per heavy atom. The number of carbonyl (C=O) groups is 4. The van der Waals surface area contributed by atoms with Gasteiger partial charge in [-0.3, -0.25) is 37.3 Å². The van der Waals surface area contributed by atoms with Gasteiger partial charge in [-0.25, -0.2) is 9.13 Å².